The SMILES string of the molecule is Cc1ccccc1OC[C@H](O)CN1CCN(c2cccc(Cl)c2)CC1. The lowest BCUT2D eigenvalue weighted by atomic mass is 10.2. The third-order valence-corrected chi connectivity index (χ3v) is 4.77. The smallest absolute Gasteiger partial charge is 0.122 e. The van der Waals surface area contributed by atoms with Gasteiger partial charge in [0.25, 0.3) is 0 Å². The highest BCUT2D eigenvalue weighted by atomic mass is 35.5. The summed E-state index contributed by atoms with van der Waals surface area (Å²) in [6.45, 7) is 6.69. The molecule has 0 aromatic heterocycles. The Bertz CT molecular complexity index is 687. The molecule has 5 heteroatoms. The summed E-state index contributed by atoms with van der Waals surface area (Å²) in [5.41, 5.74) is 2.25. The molecule has 1 fully saturated rings. The van der Waals surface area contributed by atoms with Crippen molar-refractivity contribution in [3.63, 3.8) is 0 Å². The maximum Gasteiger partial charge on any atom is 0.122 e. The molecule has 1 aliphatic rings. The molecule has 0 amide bonds. The summed E-state index contributed by atoms with van der Waals surface area (Å²) in [5.74, 6) is 0.840. The fourth-order valence-corrected chi connectivity index (χ4v) is 3.30. The molecular weight excluding hydrogens is 336 g/mol. The summed E-state index contributed by atoms with van der Waals surface area (Å²) >= 11 is 6.07. The Morgan fingerprint density at radius 1 is 1.08 bits per heavy atom. The molecule has 2 aromatic rings. The lowest BCUT2D eigenvalue weighted by Gasteiger charge is -2.36. The minimum absolute atomic E-state index is 0.319. The lowest BCUT2D eigenvalue weighted by Crippen LogP contribution is -2.49. The number of piperazine rings is 1. The number of hydrogen-bond acceptors (Lipinski definition) is 4. The van der Waals surface area contributed by atoms with E-state index in [-0.39, 0.29) is 0 Å². The van der Waals surface area contributed by atoms with E-state index in [9.17, 15) is 5.11 Å². The largest absolute Gasteiger partial charge is 0.491 e. The molecule has 1 aliphatic heterocycles. The molecule has 0 spiro atoms. The summed E-state index contributed by atoms with van der Waals surface area (Å²) < 4.78 is 5.74. The van der Waals surface area contributed by atoms with Gasteiger partial charge in [0.15, 0.2) is 0 Å². The number of para-hydroxylation sites is 1. The number of benzene rings is 2. The second-order valence-electron chi connectivity index (χ2n) is 6.50. The Morgan fingerprint density at radius 2 is 1.84 bits per heavy atom. The van der Waals surface area contributed by atoms with Crippen LogP contribution in [0.3, 0.4) is 0 Å². The standard InChI is InChI=1S/C20H25ClN2O2/c1-16-5-2-3-8-20(16)25-15-19(24)14-22-9-11-23(12-10-22)18-7-4-6-17(21)13-18/h2-8,13,19,24H,9-12,14-15H2,1H3/t19-/m1/s1. The Labute approximate surface area is 154 Å². The maximum absolute atomic E-state index is 10.3. The zero-order chi connectivity index (χ0) is 17.6. The number of anilines is 1. The quantitative estimate of drug-likeness (QED) is 0.858. The lowest BCUT2D eigenvalue weighted by molar-refractivity contribution is 0.0661. The van der Waals surface area contributed by atoms with Crippen LogP contribution in [0.2, 0.25) is 5.02 Å². The van der Waals surface area contributed by atoms with Crippen LogP contribution in [0.25, 0.3) is 0 Å². The van der Waals surface area contributed by atoms with Crippen molar-refractivity contribution >= 4 is 17.3 Å². The zero-order valence-corrected chi connectivity index (χ0v) is 15.3. The Balaban J connectivity index is 1.43. The molecule has 0 unspecified atom stereocenters. The van der Waals surface area contributed by atoms with Crippen LogP contribution in [0, 0.1) is 6.92 Å². The number of rotatable bonds is 6. The fraction of sp³-hybridized carbons (Fsp3) is 0.400. The van der Waals surface area contributed by atoms with Gasteiger partial charge < -0.3 is 14.7 Å². The van der Waals surface area contributed by atoms with Crippen LogP contribution >= 0.6 is 11.6 Å². The third kappa shape index (κ3) is 5.11. The highest BCUT2D eigenvalue weighted by Gasteiger charge is 2.20. The highest BCUT2D eigenvalue weighted by Crippen LogP contribution is 2.21. The van der Waals surface area contributed by atoms with Crippen molar-refractivity contribution < 1.29 is 9.84 Å². The maximum atomic E-state index is 10.3. The summed E-state index contributed by atoms with van der Waals surface area (Å²) in [6.07, 6.45) is -0.489. The van der Waals surface area contributed by atoms with Crippen LogP contribution in [0.1, 0.15) is 5.56 Å². The van der Waals surface area contributed by atoms with Gasteiger partial charge in [0, 0.05) is 43.4 Å². The minimum Gasteiger partial charge on any atom is -0.491 e. The van der Waals surface area contributed by atoms with E-state index in [0.29, 0.717) is 13.2 Å². The van der Waals surface area contributed by atoms with Gasteiger partial charge in [-0.1, -0.05) is 35.9 Å². The molecule has 1 saturated heterocycles. The molecular formula is C20H25ClN2O2. The third-order valence-electron chi connectivity index (χ3n) is 4.54. The Morgan fingerprint density at radius 3 is 2.56 bits per heavy atom. The van der Waals surface area contributed by atoms with Crippen molar-refractivity contribution in [3.05, 3.63) is 59.1 Å². The van der Waals surface area contributed by atoms with Crippen molar-refractivity contribution in [2.45, 2.75) is 13.0 Å². The first-order valence-corrected chi connectivity index (χ1v) is 9.09. The average molecular weight is 361 g/mol. The van der Waals surface area contributed by atoms with E-state index in [2.05, 4.69) is 15.9 Å². The van der Waals surface area contributed by atoms with E-state index >= 15 is 0 Å². The van der Waals surface area contributed by atoms with Crippen molar-refractivity contribution in [2.24, 2.45) is 0 Å². The molecule has 1 N–H and O–H groups in total. The van der Waals surface area contributed by atoms with Crippen molar-refractivity contribution in [3.8, 4) is 5.75 Å². The van der Waals surface area contributed by atoms with Gasteiger partial charge in [0.2, 0.25) is 0 Å². The van der Waals surface area contributed by atoms with Gasteiger partial charge in [-0.3, -0.25) is 4.90 Å². The number of aliphatic hydroxyl groups is 1. The molecule has 0 saturated carbocycles. The van der Waals surface area contributed by atoms with E-state index in [0.717, 1.165) is 48.2 Å². The second-order valence-corrected chi connectivity index (χ2v) is 6.93. The zero-order valence-electron chi connectivity index (χ0n) is 14.6. The van der Waals surface area contributed by atoms with Gasteiger partial charge in [-0.05, 0) is 36.8 Å². The molecule has 0 aliphatic carbocycles. The van der Waals surface area contributed by atoms with Gasteiger partial charge >= 0.3 is 0 Å². The summed E-state index contributed by atoms with van der Waals surface area (Å²) in [6, 6.07) is 15.8. The number of ether oxygens (including phenoxy) is 1. The normalized spacial score (nSPS) is 16.7. The molecule has 3 rings (SSSR count). The van der Waals surface area contributed by atoms with Gasteiger partial charge in [-0.15, -0.1) is 0 Å². The van der Waals surface area contributed by atoms with Crippen LogP contribution in [0.5, 0.6) is 5.75 Å². The van der Waals surface area contributed by atoms with Gasteiger partial charge in [-0.2, -0.15) is 0 Å². The number of halogens is 1. The van der Waals surface area contributed by atoms with E-state index in [1.807, 2.05) is 49.4 Å². The molecule has 2 aromatic carbocycles. The van der Waals surface area contributed by atoms with Crippen LogP contribution in [-0.4, -0.2) is 55.4 Å². The predicted octanol–water partition coefficient (Wildman–Crippen LogP) is 3.21. The van der Waals surface area contributed by atoms with Gasteiger partial charge in [0.05, 0.1) is 0 Å². The predicted molar refractivity (Wildman–Crippen MR) is 103 cm³/mol. The van der Waals surface area contributed by atoms with Crippen LogP contribution in [0.4, 0.5) is 5.69 Å². The van der Waals surface area contributed by atoms with Crippen LogP contribution in [-0.2, 0) is 0 Å². The molecule has 4 nitrogen and oxygen atoms in total. The molecule has 0 bridgehead atoms. The number of aliphatic hydroxyl groups excluding tert-OH is 1. The highest BCUT2D eigenvalue weighted by molar-refractivity contribution is 6.30. The Kier molecular flexibility index (Phi) is 6.19. The van der Waals surface area contributed by atoms with Gasteiger partial charge in [-0.25, -0.2) is 0 Å². The molecule has 25 heavy (non-hydrogen) atoms. The van der Waals surface area contributed by atoms with E-state index in [1.54, 1.807) is 0 Å². The number of aryl methyl sites for hydroxylation is 1. The number of β-amino-alcohol motifs (C(OH)–C–C–N with tert-alkyl or cyclic N) is 1. The van der Waals surface area contributed by atoms with Crippen LogP contribution < -0.4 is 9.64 Å². The topological polar surface area (TPSA) is 35.9 Å². The fourth-order valence-electron chi connectivity index (χ4n) is 3.12. The van der Waals surface area contributed by atoms with Crippen LogP contribution in [0.15, 0.2) is 48.5 Å². The Hall–Kier alpha value is -1.75. The average Bonchev–Trinajstić information content (AvgIpc) is 2.62. The number of nitrogens with zero attached hydrogens (tertiary/aromatic N) is 2. The van der Waals surface area contributed by atoms with Crippen molar-refractivity contribution in [1.82, 2.24) is 4.90 Å². The molecule has 1 heterocycles. The van der Waals surface area contributed by atoms with E-state index < -0.39 is 6.10 Å². The summed E-state index contributed by atoms with van der Waals surface area (Å²) in [5, 5.41) is 11.0. The first-order chi connectivity index (χ1) is 12.1. The monoisotopic (exact) mass is 360 g/mol. The van der Waals surface area contributed by atoms with Crippen molar-refractivity contribution in [2.75, 3.05) is 44.2 Å². The molecule has 134 valence electrons. The number of hydrogen-bond donors (Lipinski definition) is 1. The summed E-state index contributed by atoms with van der Waals surface area (Å²) in [7, 11) is 0. The molecule has 1 atom stereocenters. The van der Waals surface area contributed by atoms with E-state index in [1.165, 1.54) is 0 Å². The van der Waals surface area contributed by atoms with E-state index in [4.69, 9.17) is 16.3 Å². The first-order valence-electron chi connectivity index (χ1n) is 8.71. The molecule has 0 radical (unpaired) electrons. The second kappa shape index (κ2) is 8.56. The minimum atomic E-state index is -0.489. The summed E-state index contributed by atoms with van der Waals surface area (Å²) in [4.78, 5) is 4.62. The van der Waals surface area contributed by atoms with Crippen molar-refractivity contribution in [1.29, 1.82) is 0 Å². The first kappa shape index (κ1) is 18.1. The van der Waals surface area contributed by atoms with Gasteiger partial charge in [0.1, 0.15) is 18.5 Å².